The summed E-state index contributed by atoms with van der Waals surface area (Å²) in [6.45, 7) is 3.83. The van der Waals surface area contributed by atoms with Gasteiger partial charge in [0.25, 0.3) is 0 Å². The summed E-state index contributed by atoms with van der Waals surface area (Å²) in [6, 6.07) is 8.12. The molecule has 0 unspecified atom stereocenters. The minimum Gasteiger partial charge on any atom is -0.491 e. The standard InChI is InChI=1S/C20H23N3O2/c1-4-8-24-18-11-16-19(10-14(18)21-2)25-20-12-17-13(9-15(20)22-16)6-5-7-23(17)3/h9-12H,4-8H2,1-3H3. The highest BCUT2D eigenvalue weighted by molar-refractivity contribution is 5.82. The van der Waals surface area contributed by atoms with Gasteiger partial charge in [0.1, 0.15) is 22.3 Å². The summed E-state index contributed by atoms with van der Waals surface area (Å²) in [4.78, 5) is 11.4. The summed E-state index contributed by atoms with van der Waals surface area (Å²) in [5.41, 5.74) is 5.08. The third-order valence-electron chi connectivity index (χ3n) is 4.72. The highest BCUT2D eigenvalue weighted by atomic mass is 16.5. The van der Waals surface area contributed by atoms with Gasteiger partial charge in [-0.1, -0.05) is 6.92 Å². The van der Waals surface area contributed by atoms with E-state index in [-0.39, 0.29) is 0 Å². The number of hydrogen-bond donors (Lipinski definition) is 0. The molecule has 0 radical (unpaired) electrons. The van der Waals surface area contributed by atoms with Crippen molar-refractivity contribution in [3.05, 3.63) is 35.2 Å². The Morgan fingerprint density at radius 2 is 2.16 bits per heavy atom. The molecule has 3 aliphatic rings. The van der Waals surface area contributed by atoms with Gasteiger partial charge in [0.2, 0.25) is 0 Å². The van der Waals surface area contributed by atoms with Crippen LogP contribution in [0.5, 0.6) is 5.75 Å². The third kappa shape index (κ3) is 2.84. The Kier molecular flexibility index (Phi) is 4.07. The molecule has 1 aromatic carbocycles. The van der Waals surface area contributed by atoms with E-state index in [1.165, 1.54) is 17.7 Å². The van der Waals surface area contributed by atoms with Gasteiger partial charge in [-0.25, -0.2) is 4.98 Å². The molecule has 0 amide bonds. The van der Waals surface area contributed by atoms with Crippen molar-refractivity contribution in [3.63, 3.8) is 0 Å². The summed E-state index contributed by atoms with van der Waals surface area (Å²) in [5, 5.41) is 0.793. The van der Waals surface area contributed by atoms with Gasteiger partial charge in [-0.05, 0) is 30.9 Å². The molecule has 5 heteroatoms. The Morgan fingerprint density at radius 3 is 2.96 bits per heavy atom. The van der Waals surface area contributed by atoms with Crippen molar-refractivity contribution in [2.45, 2.75) is 26.2 Å². The molecule has 0 aromatic heterocycles. The second-order valence-electron chi connectivity index (χ2n) is 6.55. The van der Waals surface area contributed by atoms with E-state index in [0.717, 1.165) is 53.0 Å². The number of nitrogens with zero attached hydrogens (tertiary/aromatic N) is 3. The monoisotopic (exact) mass is 337 g/mol. The second-order valence-corrected chi connectivity index (χ2v) is 6.55. The Hall–Kier alpha value is -2.56. The molecule has 2 heterocycles. The quantitative estimate of drug-likeness (QED) is 0.685. The number of aromatic nitrogens is 1. The van der Waals surface area contributed by atoms with Crippen molar-refractivity contribution in [1.82, 2.24) is 4.98 Å². The molecule has 0 bridgehead atoms. The highest BCUT2D eigenvalue weighted by Gasteiger charge is 2.18. The van der Waals surface area contributed by atoms with Crippen molar-refractivity contribution in [3.8, 4) is 17.2 Å². The fraction of sp³-hybridized carbons (Fsp3) is 0.400. The zero-order valence-corrected chi connectivity index (χ0v) is 15.0. The average Bonchev–Trinajstić information content (AvgIpc) is 2.63. The molecule has 4 rings (SSSR count). The lowest BCUT2D eigenvalue weighted by Gasteiger charge is -2.27. The first kappa shape index (κ1) is 15.9. The minimum absolute atomic E-state index is 0.665. The van der Waals surface area contributed by atoms with Crippen LogP contribution < -0.4 is 15.0 Å². The van der Waals surface area contributed by atoms with Gasteiger partial charge in [0.15, 0.2) is 11.3 Å². The number of fused-ring (bicyclic) bond motifs is 3. The normalized spacial score (nSPS) is 15.0. The minimum atomic E-state index is 0.665. The highest BCUT2D eigenvalue weighted by Crippen LogP contribution is 2.33. The zero-order valence-electron chi connectivity index (χ0n) is 15.0. The van der Waals surface area contributed by atoms with Gasteiger partial charge < -0.3 is 14.1 Å². The SMILES string of the molecule is CCCOc1cc2nc3cc4c(cc3oc-2cc1=NC)N(C)CCC4. The van der Waals surface area contributed by atoms with Gasteiger partial charge in [0, 0.05) is 44.5 Å². The lowest BCUT2D eigenvalue weighted by atomic mass is 10.0. The first-order valence-corrected chi connectivity index (χ1v) is 8.88. The maximum absolute atomic E-state index is 6.16. The molecule has 0 atom stereocenters. The molecule has 1 aromatic rings. The van der Waals surface area contributed by atoms with E-state index >= 15 is 0 Å². The molecule has 0 saturated heterocycles. The van der Waals surface area contributed by atoms with Gasteiger partial charge in [-0.15, -0.1) is 0 Å². The van der Waals surface area contributed by atoms with Crippen LogP contribution in [0, 0.1) is 0 Å². The van der Waals surface area contributed by atoms with E-state index in [0.29, 0.717) is 6.61 Å². The predicted octanol–water partition coefficient (Wildman–Crippen LogP) is 3.63. The van der Waals surface area contributed by atoms with Crippen molar-refractivity contribution in [2.24, 2.45) is 4.99 Å². The molecule has 0 spiro atoms. The molecular weight excluding hydrogens is 314 g/mol. The van der Waals surface area contributed by atoms with Gasteiger partial charge in [-0.3, -0.25) is 4.99 Å². The summed E-state index contributed by atoms with van der Waals surface area (Å²) in [5.74, 6) is 1.49. The maximum Gasteiger partial charge on any atom is 0.155 e. The van der Waals surface area contributed by atoms with Crippen LogP contribution in [0.2, 0.25) is 0 Å². The van der Waals surface area contributed by atoms with Crippen LogP contribution >= 0.6 is 0 Å². The Labute approximate surface area is 147 Å². The fourth-order valence-corrected chi connectivity index (χ4v) is 3.41. The summed E-state index contributed by atoms with van der Waals surface area (Å²) < 4.78 is 12.0. The molecule has 1 aliphatic carbocycles. The molecular formula is C20H23N3O2. The van der Waals surface area contributed by atoms with Crippen molar-refractivity contribution >= 4 is 16.8 Å². The van der Waals surface area contributed by atoms with Crippen molar-refractivity contribution in [1.29, 1.82) is 0 Å². The molecule has 5 nitrogen and oxygen atoms in total. The van der Waals surface area contributed by atoms with E-state index in [1.54, 1.807) is 7.05 Å². The number of anilines is 1. The summed E-state index contributed by atoms with van der Waals surface area (Å²) in [6.07, 6.45) is 3.22. The Bertz CT molecular complexity index is 961. The maximum atomic E-state index is 6.16. The van der Waals surface area contributed by atoms with Crippen LogP contribution in [-0.4, -0.2) is 32.2 Å². The smallest absolute Gasteiger partial charge is 0.155 e. The van der Waals surface area contributed by atoms with Gasteiger partial charge >= 0.3 is 0 Å². The number of ether oxygens (including phenoxy) is 1. The largest absolute Gasteiger partial charge is 0.491 e. The first-order chi connectivity index (χ1) is 12.2. The van der Waals surface area contributed by atoms with E-state index in [2.05, 4.69) is 36.0 Å². The van der Waals surface area contributed by atoms with Crippen LogP contribution in [0.3, 0.4) is 0 Å². The van der Waals surface area contributed by atoms with Crippen molar-refractivity contribution < 1.29 is 9.15 Å². The Morgan fingerprint density at radius 1 is 1.28 bits per heavy atom. The summed E-state index contributed by atoms with van der Waals surface area (Å²) in [7, 11) is 3.89. The molecule has 2 aliphatic heterocycles. The van der Waals surface area contributed by atoms with Crippen molar-refractivity contribution in [2.75, 3.05) is 32.1 Å². The lowest BCUT2D eigenvalue weighted by molar-refractivity contribution is 0.313. The molecule has 130 valence electrons. The van der Waals surface area contributed by atoms with E-state index in [4.69, 9.17) is 14.1 Å². The third-order valence-corrected chi connectivity index (χ3v) is 4.72. The fourth-order valence-electron chi connectivity index (χ4n) is 3.41. The molecule has 0 fully saturated rings. The zero-order chi connectivity index (χ0) is 17.4. The van der Waals surface area contributed by atoms with Crippen LogP contribution in [0.4, 0.5) is 5.69 Å². The number of hydrogen-bond acceptors (Lipinski definition) is 5. The van der Waals surface area contributed by atoms with E-state index in [9.17, 15) is 0 Å². The van der Waals surface area contributed by atoms with Crippen LogP contribution in [-0.2, 0) is 6.42 Å². The van der Waals surface area contributed by atoms with Crippen LogP contribution in [0.1, 0.15) is 25.3 Å². The number of rotatable bonds is 3. The molecule has 25 heavy (non-hydrogen) atoms. The van der Waals surface area contributed by atoms with E-state index in [1.807, 2.05) is 12.1 Å². The van der Waals surface area contributed by atoms with Crippen LogP contribution in [0.15, 0.2) is 33.7 Å². The average molecular weight is 337 g/mol. The lowest BCUT2D eigenvalue weighted by Crippen LogP contribution is -2.24. The van der Waals surface area contributed by atoms with E-state index < -0.39 is 0 Å². The molecule has 0 N–H and O–H groups in total. The number of benzene rings is 2. The topological polar surface area (TPSA) is 50.9 Å². The molecule has 0 saturated carbocycles. The van der Waals surface area contributed by atoms with Gasteiger partial charge in [-0.2, -0.15) is 0 Å². The van der Waals surface area contributed by atoms with Gasteiger partial charge in [0.05, 0.1) is 6.61 Å². The first-order valence-electron chi connectivity index (χ1n) is 8.88. The number of aryl methyl sites for hydroxylation is 1. The second kappa shape index (κ2) is 6.39. The summed E-state index contributed by atoms with van der Waals surface area (Å²) >= 11 is 0. The predicted molar refractivity (Wildman–Crippen MR) is 99.5 cm³/mol. The van der Waals surface area contributed by atoms with Crippen LogP contribution in [0.25, 0.3) is 22.6 Å². The Balaban J connectivity index is 1.91.